The Bertz CT molecular complexity index is 772. The van der Waals surface area contributed by atoms with Gasteiger partial charge in [-0.1, -0.05) is 49.7 Å². The number of unbranched alkanes of at least 4 members (excludes halogenated alkanes) is 1. The van der Waals surface area contributed by atoms with E-state index in [1.165, 1.54) is 24.0 Å². The molecule has 0 saturated carbocycles. The zero-order chi connectivity index (χ0) is 19.3. The molecule has 2 heterocycles. The van der Waals surface area contributed by atoms with Gasteiger partial charge in [-0.25, -0.2) is 4.79 Å². The lowest BCUT2D eigenvalue weighted by Gasteiger charge is -2.31. The highest BCUT2D eigenvalue weighted by Crippen LogP contribution is 2.36. The van der Waals surface area contributed by atoms with Crippen LogP contribution in [0.1, 0.15) is 37.3 Å². The molecule has 2 aromatic rings. The normalized spacial score (nSPS) is 17.5. The number of aryl methyl sites for hydroxylation is 2. The van der Waals surface area contributed by atoms with Gasteiger partial charge in [-0.3, -0.25) is 4.90 Å². The van der Waals surface area contributed by atoms with Gasteiger partial charge >= 0.3 is 6.03 Å². The van der Waals surface area contributed by atoms with Crippen molar-refractivity contribution in [1.82, 2.24) is 9.80 Å². The average molecular weight is 378 g/mol. The standard InChI is InChI=1S/C24H31N3O/c1-2-3-15-25-16-8-17-26(19-18-25)24(28)27-22-11-6-4-9-20(22)13-14-21-10-5-7-12-23(21)27/h4-7,9-12H,2-3,8,13-19H2,1H3. The van der Waals surface area contributed by atoms with Crippen molar-refractivity contribution in [2.45, 2.75) is 39.0 Å². The molecular formula is C24H31N3O. The van der Waals surface area contributed by atoms with Crippen LogP contribution in [0, 0.1) is 0 Å². The lowest BCUT2D eigenvalue weighted by molar-refractivity contribution is 0.207. The highest BCUT2D eigenvalue weighted by Gasteiger charge is 2.30. The number of urea groups is 1. The monoisotopic (exact) mass is 377 g/mol. The molecule has 2 aliphatic rings. The van der Waals surface area contributed by atoms with Crippen LogP contribution in [0.2, 0.25) is 0 Å². The van der Waals surface area contributed by atoms with Crippen molar-refractivity contribution < 1.29 is 4.79 Å². The van der Waals surface area contributed by atoms with Crippen LogP contribution in [0.4, 0.5) is 16.2 Å². The van der Waals surface area contributed by atoms with Crippen molar-refractivity contribution >= 4 is 17.4 Å². The maximum Gasteiger partial charge on any atom is 0.329 e. The number of para-hydroxylation sites is 2. The van der Waals surface area contributed by atoms with E-state index in [1.54, 1.807) is 0 Å². The second-order valence-corrected chi connectivity index (χ2v) is 7.91. The first-order chi connectivity index (χ1) is 13.8. The Hall–Kier alpha value is -2.33. The minimum atomic E-state index is 0.124. The summed E-state index contributed by atoms with van der Waals surface area (Å²) in [5.41, 5.74) is 4.60. The largest absolute Gasteiger partial charge is 0.329 e. The Morgan fingerprint density at radius 1 is 0.857 bits per heavy atom. The third-order valence-corrected chi connectivity index (χ3v) is 6.01. The number of amides is 2. The zero-order valence-corrected chi connectivity index (χ0v) is 16.9. The number of fused-ring (bicyclic) bond motifs is 2. The summed E-state index contributed by atoms with van der Waals surface area (Å²) < 4.78 is 0. The molecule has 148 valence electrons. The summed E-state index contributed by atoms with van der Waals surface area (Å²) in [6.07, 6.45) is 5.46. The van der Waals surface area contributed by atoms with Gasteiger partial charge in [0.2, 0.25) is 0 Å². The second kappa shape index (κ2) is 8.78. The highest BCUT2D eigenvalue weighted by atomic mass is 16.2. The quantitative estimate of drug-likeness (QED) is 0.764. The lowest BCUT2D eigenvalue weighted by Crippen LogP contribution is -2.43. The van der Waals surface area contributed by atoms with Crippen molar-refractivity contribution in [3.63, 3.8) is 0 Å². The van der Waals surface area contributed by atoms with Crippen LogP contribution in [-0.2, 0) is 12.8 Å². The molecule has 4 nitrogen and oxygen atoms in total. The molecule has 0 atom stereocenters. The van der Waals surface area contributed by atoms with Gasteiger partial charge in [0.25, 0.3) is 0 Å². The Morgan fingerprint density at radius 2 is 1.50 bits per heavy atom. The summed E-state index contributed by atoms with van der Waals surface area (Å²) in [6.45, 7) is 7.10. The first-order valence-electron chi connectivity index (χ1n) is 10.7. The fraction of sp³-hybridized carbons (Fsp3) is 0.458. The van der Waals surface area contributed by atoms with Crippen LogP contribution in [-0.4, -0.2) is 48.6 Å². The minimum Gasteiger partial charge on any atom is -0.323 e. The molecule has 2 aliphatic heterocycles. The molecule has 28 heavy (non-hydrogen) atoms. The smallest absolute Gasteiger partial charge is 0.323 e. The first kappa shape index (κ1) is 19.0. The molecule has 4 rings (SSSR count). The van der Waals surface area contributed by atoms with Crippen molar-refractivity contribution in [3.8, 4) is 0 Å². The highest BCUT2D eigenvalue weighted by molar-refractivity contribution is 6.01. The number of carbonyl (C=O) groups is 1. The molecule has 1 fully saturated rings. The van der Waals surface area contributed by atoms with Gasteiger partial charge in [-0.15, -0.1) is 0 Å². The summed E-state index contributed by atoms with van der Waals surface area (Å²) >= 11 is 0. The van der Waals surface area contributed by atoms with Crippen LogP contribution >= 0.6 is 0 Å². The summed E-state index contributed by atoms with van der Waals surface area (Å²) in [4.78, 5) is 20.3. The van der Waals surface area contributed by atoms with Gasteiger partial charge < -0.3 is 9.80 Å². The molecule has 1 saturated heterocycles. The van der Waals surface area contributed by atoms with Crippen LogP contribution in [0.5, 0.6) is 0 Å². The first-order valence-corrected chi connectivity index (χ1v) is 10.7. The van der Waals surface area contributed by atoms with E-state index in [2.05, 4.69) is 53.1 Å². The summed E-state index contributed by atoms with van der Waals surface area (Å²) in [5.74, 6) is 0. The molecule has 0 aromatic heterocycles. The third-order valence-electron chi connectivity index (χ3n) is 6.01. The van der Waals surface area contributed by atoms with E-state index in [-0.39, 0.29) is 6.03 Å². The van der Waals surface area contributed by atoms with E-state index in [0.29, 0.717) is 0 Å². The van der Waals surface area contributed by atoms with E-state index in [1.807, 2.05) is 17.0 Å². The molecule has 4 heteroatoms. The molecule has 0 bridgehead atoms. The van der Waals surface area contributed by atoms with Gasteiger partial charge in [0.15, 0.2) is 0 Å². The second-order valence-electron chi connectivity index (χ2n) is 7.91. The third kappa shape index (κ3) is 3.93. The predicted octanol–water partition coefficient (Wildman–Crippen LogP) is 4.85. The maximum atomic E-state index is 13.7. The fourth-order valence-corrected chi connectivity index (χ4v) is 4.39. The van der Waals surface area contributed by atoms with Crippen LogP contribution in [0.3, 0.4) is 0 Å². The predicted molar refractivity (Wildman–Crippen MR) is 115 cm³/mol. The molecule has 0 unspecified atom stereocenters. The maximum absolute atomic E-state index is 13.7. The van der Waals surface area contributed by atoms with E-state index >= 15 is 0 Å². The number of hydrogen-bond acceptors (Lipinski definition) is 2. The van der Waals surface area contributed by atoms with Crippen LogP contribution < -0.4 is 4.90 Å². The molecule has 2 aromatic carbocycles. The summed E-state index contributed by atoms with van der Waals surface area (Å²) in [6, 6.07) is 16.9. The zero-order valence-electron chi connectivity index (χ0n) is 16.9. The molecule has 0 radical (unpaired) electrons. The number of hydrogen-bond donors (Lipinski definition) is 0. The Balaban J connectivity index is 1.62. The number of carbonyl (C=O) groups excluding carboxylic acids is 1. The Labute approximate surface area is 168 Å². The molecule has 0 aliphatic carbocycles. The fourth-order valence-electron chi connectivity index (χ4n) is 4.39. The van der Waals surface area contributed by atoms with Crippen LogP contribution in [0.25, 0.3) is 0 Å². The van der Waals surface area contributed by atoms with Gasteiger partial charge in [-0.05, 0) is 62.0 Å². The number of nitrogens with zero attached hydrogens (tertiary/aromatic N) is 3. The Kier molecular flexibility index (Phi) is 5.96. The van der Waals surface area contributed by atoms with E-state index in [9.17, 15) is 4.79 Å². The number of benzene rings is 2. The van der Waals surface area contributed by atoms with Crippen molar-refractivity contribution in [3.05, 3.63) is 59.7 Å². The van der Waals surface area contributed by atoms with Crippen molar-refractivity contribution in [2.75, 3.05) is 37.6 Å². The van der Waals surface area contributed by atoms with Crippen molar-refractivity contribution in [1.29, 1.82) is 0 Å². The SMILES string of the molecule is CCCCN1CCCN(C(=O)N2c3ccccc3CCc3ccccc32)CC1. The molecule has 0 N–H and O–H groups in total. The van der Waals surface area contributed by atoms with Gasteiger partial charge in [0, 0.05) is 19.6 Å². The topological polar surface area (TPSA) is 26.8 Å². The van der Waals surface area contributed by atoms with E-state index in [0.717, 1.165) is 63.4 Å². The number of rotatable bonds is 3. The van der Waals surface area contributed by atoms with E-state index in [4.69, 9.17) is 0 Å². The molecule has 2 amide bonds. The number of anilines is 2. The van der Waals surface area contributed by atoms with Gasteiger partial charge in [-0.2, -0.15) is 0 Å². The molecular weight excluding hydrogens is 346 g/mol. The minimum absolute atomic E-state index is 0.124. The van der Waals surface area contributed by atoms with Gasteiger partial charge in [0.05, 0.1) is 11.4 Å². The van der Waals surface area contributed by atoms with E-state index < -0.39 is 0 Å². The average Bonchev–Trinajstić information content (AvgIpc) is 3.06. The summed E-state index contributed by atoms with van der Waals surface area (Å²) in [5, 5.41) is 0. The molecule has 0 spiro atoms. The lowest BCUT2D eigenvalue weighted by atomic mass is 10.0. The summed E-state index contributed by atoms with van der Waals surface area (Å²) in [7, 11) is 0. The van der Waals surface area contributed by atoms with Crippen LogP contribution in [0.15, 0.2) is 48.5 Å². The van der Waals surface area contributed by atoms with Gasteiger partial charge in [0.1, 0.15) is 0 Å². The van der Waals surface area contributed by atoms with Crippen molar-refractivity contribution in [2.24, 2.45) is 0 Å². The Morgan fingerprint density at radius 3 is 2.14 bits per heavy atom.